The minimum Gasteiger partial charge on any atom is -0.392 e. The fourth-order valence-electron chi connectivity index (χ4n) is 1.47. The molecular weight excluding hydrogens is 236 g/mol. The Balaban J connectivity index is 2.46. The van der Waals surface area contributed by atoms with Gasteiger partial charge in [0.2, 0.25) is 0 Å². The zero-order valence-corrected chi connectivity index (χ0v) is 10.2. The first kappa shape index (κ1) is 14.6. The van der Waals surface area contributed by atoms with Gasteiger partial charge in [-0.3, -0.25) is 10.1 Å². The number of rotatable bonds is 7. The zero-order valence-electron chi connectivity index (χ0n) is 10.2. The largest absolute Gasteiger partial charge is 0.392 e. The topological polar surface area (TPSA) is 95.6 Å². The van der Waals surface area contributed by atoms with Gasteiger partial charge in [0.25, 0.3) is 5.69 Å². The molecule has 18 heavy (non-hydrogen) atoms. The summed E-state index contributed by atoms with van der Waals surface area (Å²) in [5.74, 6) is 0. The summed E-state index contributed by atoms with van der Waals surface area (Å²) in [5, 5.41) is 32.5. The molecule has 2 atom stereocenters. The highest BCUT2D eigenvalue weighted by Gasteiger charge is 2.10. The maximum atomic E-state index is 10.5. The number of hydrogen-bond acceptors (Lipinski definition) is 5. The molecule has 0 radical (unpaired) electrons. The van der Waals surface area contributed by atoms with Crippen LogP contribution in [0.3, 0.4) is 0 Å². The first-order chi connectivity index (χ1) is 8.54. The monoisotopic (exact) mass is 254 g/mol. The van der Waals surface area contributed by atoms with Gasteiger partial charge in [-0.2, -0.15) is 0 Å². The van der Waals surface area contributed by atoms with Crippen LogP contribution in [0.5, 0.6) is 0 Å². The van der Waals surface area contributed by atoms with E-state index >= 15 is 0 Å². The Labute approximate surface area is 105 Å². The number of benzene rings is 1. The summed E-state index contributed by atoms with van der Waals surface area (Å²) < 4.78 is 0. The van der Waals surface area contributed by atoms with E-state index in [2.05, 4.69) is 5.32 Å². The highest BCUT2D eigenvalue weighted by Crippen LogP contribution is 2.17. The second-order valence-electron chi connectivity index (χ2n) is 4.08. The molecule has 1 aromatic rings. The molecule has 0 aromatic heterocycles. The molecule has 6 heteroatoms. The quantitative estimate of drug-likeness (QED) is 0.498. The van der Waals surface area contributed by atoms with Crippen molar-refractivity contribution in [3.05, 3.63) is 39.9 Å². The fourth-order valence-corrected chi connectivity index (χ4v) is 1.47. The number of aliphatic hydroxyl groups is 2. The van der Waals surface area contributed by atoms with Crippen molar-refractivity contribution in [3.8, 4) is 0 Å². The molecule has 0 aliphatic rings. The van der Waals surface area contributed by atoms with Crippen molar-refractivity contribution in [3.63, 3.8) is 0 Å². The van der Waals surface area contributed by atoms with E-state index in [0.717, 1.165) is 0 Å². The SMILES string of the molecule is CCC(O)CNCC(O)c1ccc([N+](=O)[O-])cc1. The Kier molecular flexibility index (Phi) is 5.70. The molecule has 2 unspecified atom stereocenters. The van der Waals surface area contributed by atoms with Gasteiger partial charge in [0.15, 0.2) is 0 Å². The number of nitrogens with one attached hydrogen (secondary N) is 1. The lowest BCUT2D eigenvalue weighted by atomic mass is 10.1. The zero-order chi connectivity index (χ0) is 13.5. The van der Waals surface area contributed by atoms with E-state index in [1.54, 1.807) is 0 Å². The van der Waals surface area contributed by atoms with Gasteiger partial charge in [-0.05, 0) is 24.1 Å². The number of nitro benzene ring substituents is 1. The third-order valence-corrected chi connectivity index (χ3v) is 2.68. The fraction of sp³-hybridized carbons (Fsp3) is 0.500. The normalized spacial score (nSPS) is 14.2. The van der Waals surface area contributed by atoms with Crippen LogP contribution < -0.4 is 5.32 Å². The van der Waals surface area contributed by atoms with Gasteiger partial charge in [0.1, 0.15) is 0 Å². The van der Waals surface area contributed by atoms with E-state index in [4.69, 9.17) is 0 Å². The summed E-state index contributed by atoms with van der Waals surface area (Å²) >= 11 is 0. The lowest BCUT2D eigenvalue weighted by Crippen LogP contribution is -2.29. The average Bonchev–Trinajstić information content (AvgIpc) is 2.38. The van der Waals surface area contributed by atoms with E-state index in [0.29, 0.717) is 25.1 Å². The Morgan fingerprint density at radius 3 is 2.39 bits per heavy atom. The molecule has 1 rings (SSSR count). The van der Waals surface area contributed by atoms with Crippen LogP contribution in [-0.2, 0) is 0 Å². The highest BCUT2D eigenvalue weighted by atomic mass is 16.6. The van der Waals surface area contributed by atoms with Gasteiger partial charge in [-0.25, -0.2) is 0 Å². The third kappa shape index (κ3) is 4.40. The van der Waals surface area contributed by atoms with E-state index in [9.17, 15) is 20.3 Å². The van der Waals surface area contributed by atoms with Crippen LogP contribution in [0.4, 0.5) is 5.69 Å². The van der Waals surface area contributed by atoms with Crippen LogP contribution >= 0.6 is 0 Å². The predicted octanol–water partition coefficient (Wildman–Crippen LogP) is 0.989. The molecule has 6 nitrogen and oxygen atoms in total. The van der Waals surface area contributed by atoms with Crippen LogP contribution in [0, 0.1) is 10.1 Å². The van der Waals surface area contributed by atoms with Crippen LogP contribution in [0.1, 0.15) is 25.0 Å². The highest BCUT2D eigenvalue weighted by molar-refractivity contribution is 5.33. The van der Waals surface area contributed by atoms with Gasteiger partial charge in [0, 0.05) is 25.2 Å². The summed E-state index contributed by atoms with van der Waals surface area (Å²) in [6, 6.07) is 5.78. The summed E-state index contributed by atoms with van der Waals surface area (Å²) in [7, 11) is 0. The molecule has 0 aliphatic heterocycles. The van der Waals surface area contributed by atoms with Gasteiger partial charge >= 0.3 is 0 Å². The first-order valence-electron chi connectivity index (χ1n) is 5.85. The number of nitro groups is 1. The molecule has 0 spiro atoms. The number of aliphatic hydroxyl groups excluding tert-OH is 2. The molecule has 0 fully saturated rings. The molecule has 0 heterocycles. The molecule has 100 valence electrons. The molecular formula is C12H18N2O4. The summed E-state index contributed by atoms with van der Waals surface area (Å²) in [6.45, 7) is 2.59. The van der Waals surface area contributed by atoms with Crippen LogP contribution in [0.25, 0.3) is 0 Å². The Morgan fingerprint density at radius 1 is 1.28 bits per heavy atom. The van der Waals surface area contributed by atoms with Crippen molar-refractivity contribution >= 4 is 5.69 Å². The minimum atomic E-state index is -0.741. The van der Waals surface area contributed by atoms with Crippen molar-refractivity contribution in [2.75, 3.05) is 13.1 Å². The Morgan fingerprint density at radius 2 is 1.89 bits per heavy atom. The first-order valence-corrected chi connectivity index (χ1v) is 5.85. The lowest BCUT2D eigenvalue weighted by molar-refractivity contribution is -0.384. The molecule has 0 bridgehead atoms. The van der Waals surface area contributed by atoms with Crippen molar-refractivity contribution in [2.24, 2.45) is 0 Å². The van der Waals surface area contributed by atoms with Gasteiger partial charge in [-0.1, -0.05) is 6.92 Å². The Bertz CT molecular complexity index is 380. The molecule has 0 aliphatic carbocycles. The minimum absolute atomic E-state index is 0.000291. The predicted molar refractivity (Wildman–Crippen MR) is 67.2 cm³/mol. The maximum absolute atomic E-state index is 10.5. The standard InChI is InChI=1S/C12H18N2O4/c1-2-11(15)7-13-8-12(16)9-3-5-10(6-4-9)14(17)18/h3-6,11-13,15-16H,2,7-8H2,1H3. The van der Waals surface area contributed by atoms with E-state index in [-0.39, 0.29) is 5.69 Å². The molecule has 1 aromatic carbocycles. The third-order valence-electron chi connectivity index (χ3n) is 2.68. The Hall–Kier alpha value is -1.50. The number of nitrogens with zero attached hydrogens (tertiary/aromatic N) is 1. The second kappa shape index (κ2) is 7.05. The second-order valence-corrected chi connectivity index (χ2v) is 4.08. The number of non-ortho nitro benzene ring substituents is 1. The average molecular weight is 254 g/mol. The lowest BCUT2D eigenvalue weighted by Gasteiger charge is -2.14. The van der Waals surface area contributed by atoms with E-state index in [1.165, 1.54) is 24.3 Å². The van der Waals surface area contributed by atoms with Crippen LogP contribution in [0.15, 0.2) is 24.3 Å². The van der Waals surface area contributed by atoms with Crippen LogP contribution in [-0.4, -0.2) is 34.3 Å². The molecule has 3 N–H and O–H groups in total. The summed E-state index contributed by atoms with van der Waals surface area (Å²) in [5.41, 5.74) is 0.611. The number of hydrogen-bond donors (Lipinski definition) is 3. The van der Waals surface area contributed by atoms with Crippen molar-refractivity contribution < 1.29 is 15.1 Å². The van der Waals surface area contributed by atoms with Crippen LogP contribution in [0.2, 0.25) is 0 Å². The van der Waals surface area contributed by atoms with Crippen molar-refractivity contribution in [1.29, 1.82) is 0 Å². The van der Waals surface area contributed by atoms with Gasteiger partial charge in [-0.15, -0.1) is 0 Å². The van der Waals surface area contributed by atoms with Gasteiger partial charge in [0.05, 0.1) is 17.1 Å². The summed E-state index contributed by atoms with van der Waals surface area (Å²) in [4.78, 5) is 9.98. The molecule has 0 saturated carbocycles. The van der Waals surface area contributed by atoms with Gasteiger partial charge < -0.3 is 15.5 Å². The van der Waals surface area contributed by atoms with Crippen molar-refractivity contribution in [2.45, 2.75) is 25.6 Å². The smallest absolute Gasteiger partial charge is 0.269 e. The maximum Gasteiger partial charge on any atom is 0.269 e. The van der Waals surface area contributed by atoms with E-state index in [1.807, 2.05) is 6.92 Å². The van der Waals surface area contributed by atoms with Crippen molar-refractivity contribution in [1.82, 2.24) is 5.32 Å². The summed E-state index contributed by atoms with van der Waals surface area (Å²) in [6.07, 6.45) is -0.510. The molecule has 0 saturated heterocycles. The van der Waals surface area contributed by atoms with E-state index < -0.39 is 17.1 Å². The molecule has 0 amide bonds.